The van der Waals surface area contributed by atoms with Crippen LogP contribution < -0.4 is 5.32 Å². The molecule has 7 nitrogen and oxygen atoms in total. The van der Waals surface area contributed by atoms with E-state index in [1.165, 1.54) is 6.07 Å². The number of nitrogens with one attached hydrogen (secondary N) is 1. The van der Waals surface area contributed by atoms with Gasteiger partial charge in [0.1, 0.15) is 5.82 Å². The first-order valence-electron chi connectivity index (χ1n) is 7.50. The van der Waals surface area contributed by atoms with Crippen molar-refractivity contribution in [1.82, 2.24) is 29.6 Å². The lowest BCUT2D eigenvalue weighted by Crippen LogP contribution is -2.19. The van der Waals surface area contributed by atoms with Crippen LogP contribution in [0.4, 0.5) is 19.0 Å². The van der Waals surface area contributed by atoms with Gasteiger partial charge in [-0.25, -0.2) is 0 Å². The number of anilines is 1. The molecular formula is C14H14F3N7. The van der Waals surface area contributed by atoms with Crippen LogP contribution in [0.25, 0.3) is 5.65 Å². The summed E-state index contributed by atoms with van der Waals surface area (Å²) in [5.41, 5.74) is 2.25. The van der Waals surface area contributed by atoms with Crippen LogP contribution >= 0.6 is 0 Å². The molecule has 0 saturated carbocycles. The molecule has 0 radical (unpaired) electrons. The molecule has 0 spiro atoms. The maximum absolute atomic E-state index is 12.9. The van der Waals surface area contributed by atoms with Gasteiger partial charge in [0.25, 0.3) is 5.82 Å². The largest absolute Gasteiger partial charge is 0.453 e. The molecule has 1 aliphatic rings. The number of aromatic nitrogens is 6. The summed E-state index contributed by atoms with van der Waals surface area (Å²) in [5, 5.41) is 18.2. The van der Waals surface area contributed by atoms with Crippen molar-refractivity contribution in [3.63, 3.8) is 0 Å². The quantitative estimate of drug-likeness (QED) is 0.777. The van der Waals surface area contributed by atoms with Crippen LogP contribution in [0.1, 0.15) is 36.0 Å². The van der Waals surface area contributed by atoms with Crippen LogP contribution in [-0.2, 0) is 19.6 Å². The van der Waals surface area contributed by atoms with E-state index in [2.05, 4.69) is 25.7 Å². The number of rotatable bonds is 2. The van der Waals surface area contributed by atoms with Gasteiger partial charge < -0.3 is 5.32 Å². The Bertz CT molecular complexity index is 896. The molecule has 4 rings (SSSR count). The highest BCUT2D eigenvalue weighted by molar-refractivity contribution is 5.46. The zero-order chi connectivity index (χ0) is 16.9. The van der Waals surface area contributed by atoms with Crippen LogP contribution in [0.3, 0.4) is 0 Å². The van der Waals surface area contributed by atoms with E-state index >= 15 is 0 Å². The van der Waals surface area contributed by atoms with Crippen molar-refractivity contribution in [2.24, 2.45) is 7.05 Å². The lowest BCUT2D eigenvalue weighted by molar-refractivity contribution is -0.146. The lowest BCUT2D eigenvalue weighted by atomic mass is 9.93. The molecule has 3 heterocycles. The Kier molecular flexibility index (Phi) is 3.22. The number of aryl methyl sites for hydroxylation is 1. The number of halogens is 3. The molecule has 0 amide bonds. The average Bonchev–Trinajstić information content (AvgIpc) is 3.11. The van der Waals surface area contributed by atoms with Crippen LogP contribution in [0.5, 0.6) is 0 Å². The van der Waals surface area contributed by atoms with E-state index in [4.69, 9.17) is 0 Å². The summed E-state index contributed by atoms with van der Waals surface area (Å²) >= 11 is 0. The predicted molar refractivity (Wildman–Crippen MR) is 78.3 cm³/mol. The second-order valence-electron chi connectivity index (χ2n) is 5.77. The van der Waals surface area contributed by atoms with Gasteiger partial charge in [0, 0.05) is 18.3 Å². The van der Waals surface area contributed by atoms with Crippen molar-refractivity contribution in [2.45, 2.75) is 31.5 Å². The smallest absolute Gasteiger partial charge is 0.362 e. The number of nitrogens with zero attached hydrogens (tertiary/aromatic N) is 6. The molecule has 0 saturated heterocycles. The predicted octanol–water partition coefficient (Wildman–Crippen LogP) is 2.37. The first-order chi connectivity index (χ1) is 11.4. The van der Waals surface area contributed by atoms with Gasteiger partial charge in [-0.05, 0) is 31.4 Å². The summed E-state index contributed by atoms with van der Waals surface area (Å²) in [6, 6.07) is 3.04. The molecule has 0 aliphatic heterocycles. The molecule has 126 valence electrons. The number of hydrogen-bond donors (Lipinski definition) is 1. The van der Waals surface area contributed by atoms with E-state index in [-0.39, 0.29) is 11.7 Å². The number of alkyl halides is 3. The Labute approximate surface area is 134 Å². The zero-order valence-corrected chi connectivity index (χ0v) is 12.7. The van der Waals surface area contributed by atoms with E-state index in [1.54, 1.807) is 12.3 Å². The summed E-state index contributed by atoms with van der Waals surface area (Å²) < 4.78 is 41.4. The molecular weight excluding hydrogens is 323 g/mol. The molecule has 10 heteroatoms. The monoisotopic (exact) mass is 337 g/mol. The standard InChI is InChI=1S/C14H14F3N7/c1-23-10-4-2-3-9(8(10)7-18-23)19-11-5-6-12-20-21-13(14(15,16)17)24(12)22-11/h5-7,9H,2-4H2,1H3,(H,19,22). The summed E-state index contributed by atoms with van der Waals surface area (Å²) in [6.45, 7) is 0. The van der Waals surface area contributed by atoms with Crippen molar-refractivity contribution >= 4 is 11.5 Å². The van der Waals surface area contributed by atoms with E-state index in [0.717, 1.165) is 35.0 Å². The van der Waals surface area contributed by atoms with E-state index < -0.39 is 12.0 Å². The highest BCUT2D eigenvalue weighted by Gasteiger charge is 2.37. The Morgan fingerprint density at radius 3 is 2.88 bits per heavy atom. The number of hydrogen-bond acceptors (Lipinski definition) is 5. The molecule has 3 aromatic rings. The molecule has 3 aromatic heterocycles. The third-order valence-electron chi connectivity index (χ3n) is 4.21. The van der Waals surface area contributed by atoms with Gasteiger partial charge in [-0.3, -0.25) is 4.68 Å². The normalized spacial score (nSPS) is 17.9. The fraction of sp³-hybridized carbons (Fsp3) is 0.429. The van der Waals surface area contributed by atoms with Gasteiger partial charge in [0.2, 0.25) is 0 Å². The summed E-state index contributed by atoms with van der Waals surface area (Å²) in [5.74, 6) is -0.790. The van der Waals surface area contributed by atoms with Crippen molar-refractivity contribution in [2.75, 3.05) is 5.32 Å². The second kappa shape index (κ2) is 5.18. The van der Waals surface area contributed by atoms with Crippen molar-refractivity contribution in [3.05, 3.63) is 35.4 Å². The van der Waals surface area contributed by atoms with E-state index in [1.807, 2.05) is 11.7 Å². The number of fused-ring (bicyclic) bond motifs is 2. The minimum Gasteiger partial charge on any atom is -0.362 e. The molecule has 1 aliphatic carbocycles. The first kappa shape index (κ1) is 14.9. The Morgan fingerprint density at radius 2 is 2.08 bits per heavy atom. The van der Waals surface area contributed by atoms with E-state index in [0.29, 0.717) is 5.82 Å². The van der Waals surface area contributed by atoms with Crippen molar-refractivity contribution in [1.29, 1.82) is 0 Å². The van der Waals surface area contributed by atoms with Crippen molar-refractivity contribution < 1.29 is 13.2 Å². The molecule has 0 aromatic carbocycles. The van der Waals surface area contributed by atoms with Crippen LogP contribution in [0.15, 0.2) is 18.3 Å². The Morgan fingerprint density at radius 1 is 1.25 bits per heavy atom. The molecule has 0 fully saturated rings. The average molecular weight is 337 g/mol. The highest BCUT2D eigenvalue weighted by atomic mass is 19.4. The van der Waals surface area contributed by atoms with Gasteiger partial charge in [-0.1, -0.05) is 0 Å². The molecule has 0 bridgehead atoms. The van der Waals surface area contributed by atoms with Gasteiger partial charge >= 0.3 is 6.18 Å². The zero-order valence-electron chi connectivity index (χ0n) is 12.7. The molecule has 24 heavy (non-hydrogen) atoms. The maximum atomic E-state index is 12.9. The van der Waals surface area contributed by atoms with Gasteiger partial charge in [0.05, 0.1) is 12.2 Å². The minimum absolute atomic E-state index is 0.0294. The topological polar surface area (TPSA) is 72.9 Å². The minimum atomic E-state index is -4.60. The fourth-order valence-electron chi connectivity index (χ4n) is 3.08. The Balaban J connectivity index is 1.68. The first-order valence-corrected chi connectivity index (χ1v) is 7.50. The van der Waals surface area contributed by atoms with E-state index in [9.17, 15) is 13.2 Å². The van der Waals surface area contributed by atoms with Crippen LogP contribution in [0.2, 0.25) is 0 Å². The van der Waals surface area contributed by atoms with Crippen LogP contribution in [-0.4, -0.2) is 29.6 Å². The van der Waals surface area contributed by atoms with Gasteiger partial charge in [-0.2, -0.15) is 22.8 Å². The van der Waals surface area contributed by atoms with Crippen molar-refractivity contribution in [3.8, 4) is 0 Å². The second-order valence-corrected chi connectivity index (χ2v) is 5.77. The fourth-order valence-corrected chi connectivity index (χ4v) is 3.08. The van der Waals surface area contributed by atoms with Crippen LogP contribution in [0, 0.1) is 0 Å². The molecule has 1 N–H and O–H groups in total. The highest BCUT2D eigenvalue weighted by Crippen LogP contribution is 2.32. The summed E-state index contributed by atoms with van der Waals surface area (Å²) in [4.78, 5) is 0. The third kappa shape index (κ3) is 2.38. The molecule has 1 unspecified atom stereocenters. The maximum Gasteiger partial charge on any atom is 0.453 e. The van der Waals surface area contributed by atoms with Gasteiger partial charge in [0.15, 0.2) is 5.65 Å². The van der Waals surface area contributed by atoms with Gasteiger partial charge in [-0.15, -0.1) is 15.3 Å². The molecule has 1 atom stereocenters. The lowest BCUT2D eigenvalue weighted by Gasteiger charge is -2.24. The Hall–Kier alpha value is -2.65. The SMILES string of the molecule is Cn1ncc2c1CCCC2Nc1ccc2nnc(C(F)(F)F)n2n1. The summed E-state index contributed by atoms with van der Waals surface area (Å²) in [6.07, 6.45) is -0.0171. The summed E-state index contributed by atoms with van der Waals surface area (Å²) in [7, 11) is 1.89. The third-order valence-corrected chi connectivity index (χ3v) is 4.21.